The van der Waals surface area contributed by atoms with Crippen LogP contribution in [0.4, 0.5) is 28.8 Å². The minimum atomic E-state index is -1.38. The molecule has 18 nitrogen and oxygen atoms in total. The van der Waals surface area contributed by atoms with Gasteiger partial charge in [-0.1, -0.05) is 182 Å². The van der Waals surface area contributed by atoms with E-state index >= 15 is 0 Å². The first-order chi connectivity index (χ1) is 63.9. The van der Waals surface area contributed by atoms with E-state index in [0.29, 0.717) is 0 Å². The van der Waals surface area contributed by atoms with Gasteiger partial charge in [-0.3, -0.25) is 0 Å². The van der Waals surface area contributed by atoms with Crippen LogP contribution in [0.3, 0.4) is 0 Å². The van der Waals surface area contributed by atoms with Gasteiger partial charge in [0.25, 0.3) is 0 Å². The first-order valence-corrected chi connectivity index (χ1v) is 45.2. The van der Waals surface area contributed by atoms with E-state index in [-0.39, 0.29) is 34.5 Å². The van der Waals surface area contributed by atoms with E-state index in [0.717, 1.165) is 165 Å². The molecule has 0 radical (unpaired) electrons. The third-order valence-electron chi connectivity index (χ3n) is 24.4. The van der Waals surface area contributed by atoms with Gasteiger partial charge >= 0.3 is 36.9 Å². The molecule has 19 rings (SSSR count). The zero-order valence-corrected chi connectivity index (χ0v) is 78.6. The number of hydrogen-bond acceptors (Lipinski definition) is 18. The van der Waals surface area contributed by atoms with Crippen LogP contribution in [-0.2, 0) is 44.7 Å². The molecule has 0 saturated carbocycles. The predicted octanol–water partition coefficient (Wildman–Crippen LogP) is 29.6. The van der Waals surface area contributed by atoms with E-state index in [9.17, 15) is 28.8 Å². The Kier molecular flexibility index (Phi) is 21.5. The highest BCUT2D eigenvalue weighted by atomic mass is 16.8. The minimum absolute atomic E-state index is 0.288. The van der Waals surface area contributed by atoms with Crippen molar-refractivity contribution in [2.75, 3.05) is 0 Å². The van der Waals surface area contributed by atoms with Crippen molar-refractivity contribution in [2.45, 2.75) is 174 Å². The number of carbonyl (C=O) groups is 6. The maximum Gasteiger partial charge on any atom is 0.514 e. The normalized spacial score (nSPS) is 13.9. The summed E-state index contributed by atoms with van der Waals surface area (Å²) in [7, 11) is 0. The third-order valence-corrected chi connectivity index (χ3v) is 24.4. The zero-order chi connectivity index (χ0) is 95.2. The summed E-state index contributed by atoms with van der Waals surface area (Å²) in [6.07, 6.45) is -5.07. The highest BCUT2D eigenvalue weighted by Gasteiger charge is 2.61. The summed E-state index contributed by atoms with van der Waals surface area (Å²) in [6.45, 7) is 32.2. The molecule has 0 aromatic heterocycles. The third kappa shape index (κ3) is 16.6. The molecule has 0 atom stereocenters. The molecule has 678 valence electrons. The van der Waals surface area contributed by atoms with Crippen molar-refractivity contribution in [3.05, 3.63) is 358 Å². The Morgan fingerprint density at radius 3 is 0.496 bits per heavy atom. The zero-order valence-electron chi connectivity index (χ0n) is 78.6. The van der Waals surface area contributed by atoms with Gasteiger partial charge in [-0.2, -0.15) is 0 Å². The van der Waals surface area contributed by atoms with E-state index in [4.69, 9.17) is 56.8 Å². The van der Waals surface area contributed by atoms with Gasteiger partial charge in [-0.05, 0) is 399 Å². The lowest BCUT2D eigenvalue weighted by molar-refractivity contribution is 0.0193. The van der Waals surface area contributed by atoms with Crippen LogP contribution in [0.15, 0.2) is 291 Å². The number of benzene rings is 16. The smallest absolute Gasteiger partial charge is 0.428 e. The monoisotopic (exact) mass is 1790 g/mol. The van der Waals surface area contributed by atoms with Crippen molar-refractivity contribution in [3.63, 3.8) is 0 Å². The maximum atomic E-state index is 13.6. The Morgan fingerprint density at radius 1 is 0.185 bits per heavy atom. The summed E-state index contributed by atoms with van der Waals surface area (Å²) in [4.78, 5) is 81.7. The lowest BCUT2D eigenvalue weighted by atomic mass is 9.60. The van der Waals surface area contributed by atoms with Crippen LogP contribution in [0.25, 0.3) is 98.0 Å². The van der Waals surface area contributed by atoms with Gasteiger partial charge in [-0.25, -0.2) is 28.8 Å². The van der Waals surface area contributed by atoms with Crippen LogP contribution in [0.1, 0.15) is 191 Å². The Bertz CT molecular complexity index is 6580. The highest BCUT2D eigenvalue weighted by molar-refractivity contribution is 6.11. The van der Waals surface area contributed by atoms with Gasteiger partial charge in [0.1, 0.15) is 68.1 Å². The largest absolute Gasteiger partial charge is 0.514 e. The molecule has 16 aromatic rings. The van der Waals surface area contributed by atoms with Gasteiger partial charge in [0, 0.05) is 0 Å². The molecule has 0 unspecified atom stereocenters. The maximum absolute atomic E-state index is 13.6. The summed E-state index contributed by atoms with van der Waals surface area (Å²) in [5.41, 5.74) is 7.41. The average Bonchev–Trinajstić information content (AvgIpc) is 1.46. The number of ether oxygens (including phenoxy) is 12. The molecule has 0 aliphatic heterocycles. The fourth-order valence-corrected chi connectivity index (χ4v) is 19.8. The number of rotatable bonds is 12. The Hall–Kier alpha value is -15.3. The first kappa shape index (κ1) is 88.9. The molecule has 0 fully saturated rings. The van der Waals surface area contributed by atoms with Crippen molar-refractivity contribution in [2.24, 2.45) is 0 Å². The molecule has 0 saturated heterocycles. The topological polar surface area (TPSA) is 213 Å². The Morgan fingerprint density at radius 2 is 0.333 bits per heavy atom. The summed E-state index contributed by atoms with van der Waals surface area (Å²) < 4.78 is 70.2. The van der Waals surface area contributed by atoms with Crippen molar-refractivity contribution in [3.8, 4) is 67.9 Å². The summed E-state index contributed by atoms with van der Waals surface area (Å²) in [5.74, 6) is 1.73. The van der Waals surface area contributed by atoms with E-state index in [1.54, 1.807) is 161 Å². The average molecular weight is 1800 g/mol. The summed E-state index contributed by atoms with van der Waals surface area (Å²) in [6, 6.07) is 99.4. The Balaban J connectivity index is 0.995. The quantitative estimate of drug-likeness (QED) is 0.0632. The molecule has 0 spiro atoms. The molecule has 0 N–H and O–H groups in total. The molecule has 3 aliphatic rings. The van der Waals surface area contributed by atoms with Gasteiger partial charge in [0.05, 0.1) is 16.2 Å². The van der Waals surface area contributed by atoms with Crippen LogP contribution < -0.4 is 28.4 Å². The highest BCUT2D eigenvalue weighted by Crippen LogP contribution is 2.73. The van der Waals surface area contributed by atoms with E-state index in [1.807, 2.05) is 72.8 Å². The van der Waals surface area contributed by atoms with Crippen LogP contribution >= 0.6 is 0 Å². The SMILES string of the molecule is CC(C)(C)OC(=O)Oc1ccc2cc(C3(c4ccc5cc(OC(=O)OC(C)(C)C)ccc5c4)c4ccccc4-c4c3c3c(c5c4C(c4ccc6cc(OC(=O)OC(C)(C)C)ccc6c4)(c4ccc6cc(OC(=O)OC(C)(C)C)ccc6c4)c4ccccc4-5)C(c4ccc5cc(OC(=O)OC(C)(C)C)ccc5c4)(c4ccc5cc(OC(=O)OC(C)(C)C)ccc5c4)c4ccccc4-3)ccc2c1. The molecule has 18 heteroatoms. The molecular weight excluding hydrogens is 1690 g/mol. The molecule has 16 aromatic carbocycles. The summed E-state index contributed by atoms with van der Waals surface area (Å²) >= 11 is 0. The number of hydrogen-bond donors (Lipinski definition) is 0. The second-order valence-corrected chi connectivity index (χ2v) is 40.9. The van der Waals surface area contributed by atoms with Crippen molar-refractivity contribution < 1.29 is 85.6 Å². The Labute approximate surface area is 782 Å². The van der Waals surface area contributed by atoms with Gasteiger partial charge in [0.2, 0.25) is 0 Å². The van der Waals surface area contributed by atoms with E-state index in [1.165, 1.54) is 0 Å². The number of carbonyl (C=O) groups excluding carboxylic acids is 6. The lowest BCUT2D eigenvalue weighted by Crippen LogP contribution is -2.33. The van der Waals surface area contributed by atoms with Gasteiger partial charge < -0.3 is 56.8 Å². The van der Waals surface area contributed by atoms with Gasteiger partial charge in [0.15, 0.2) is 0 Å². The fourth-order valence-electron chi connectivity index (χ4n) is 19.8. The van der Waals surface area contributed by atoms with Crippen molar-refractivity contribution in [1.29, 1.82) is 0 Å². The molecule has 3 aliphatic carbocycles. The molecule has 0 bridgehead atoms. The van der Waals surface area contributed by atoms with Crippen LogP contribution in [-0.4, -0.2) is 70.5 Å². The van der Waals surface area contributed by atoms with Crippen molar-refractivity contribution in [1.82, 2.24) is 0 Å². The van der Waals surface area contributed by atoms with Crippen molar-refractivity contribution >= 4 is 102 Å². The molecular formula is C117H102O18. The molecule has 0 heterocycles. The fraction of sp³-hybridized carbons (Fsp3) is 0.231. The molecule has 0 amide bonds. The first-order valence-electron chi connectivity index (χ1n) is 45.2. The van der Waals surface area contributed by atoms with Crippen LogP contribution in [0, 0.1) is 0 Å². The van der Waals surface area contributed by atoms with Crippen LogP contribution in [0.2, 0.25) is 0 Å². The van der Waals surface area contributed by atoms with E-state index < -0.39 is 86.8 Å². The second kappa shape index (κ2) is 32.6. The van der Waals surface area contributed by atoms with Gasteiger partial charge in [-0.15, -0.1) is 0 Å². The minimum Gasteiger partial charge on any atom is -0.428 e. The predicted molar refractivity (Wildman–Crippen MR) is 525 cm³/mol. The number of fused-ring (bicyclic) bond motifs is 18. The second-order valence-electron chi connectivity index (χ2n) is 40.9. The standard InChI is InChI=1S/C117H102O18/c1-109(2,3)130-103(118)124-85-49-37-67-55-79(43-31-73(67)61-85)115(80-44-32-74-62-86(50-38-68(74)56-80)125-104(119)131-110(4,5)6)94-28-22-19-25-91(94)97-100(115)98-92-26-20-23-29-95(92)116(81-45-33-75-63-87(51-39-69(75)57-81)126-105(120)132-111(7,8)9,82-46-34-76-64-88(52-40-70(76)58-82)127-106(121)133-112(10,11)12)102(98)99-93-27-21-24-30-96(93)117(101(97)99,83-47-35-77-65-89(53-41-71(77)59-83)128-107(122)134-113(13,14)15)84-48-36-78-66-90(54-42-72(78)60-84)129-108(123)135-114(16,17)18/h19-66H,1-18H3. The summed E-state index contributed by atoms with van der Waals surface area (Å²) in [5, 5.41) is 9.59. The molecule has 135 heavy (non-hydrogen) atoms. The van der Waals surface area contributed by atoms with Crippen LogP contribution in [0.5, 0.6) is 34.5 Å². The lowest BCUT2D eigenvalue weighted by Gasteiger charge is -2.40. The van der Waals surface area contributed by atoms with E-state index in [2.05, 4.69) is 182 Å².